The molecule has 1 rings (SSSR count). The van der Waals surface area contributed by atoms with Crippen LogP contribution < -0.4 is 5.11 Å². The average molecular weight is 236 g/mol. The highest BCUT2D eigenvalue weighted by Gasteiger charge is 2.11. The molecule has 0 spiro atoms. The Morgan fingerprint density at radius 1 is 1.33 bits per heavy atom. The molecule has 0 aliphatic carbocycles. The second-order valence-corrected chi connectivity index (χ2v) is 2.86. The summed E-state index contributed by atoms with van der Waals surface area (Å²) < 4.78 is 25.2. The van der Waals surface area contributed by atoms with Crippen molar-refractivity contribution in [2.45, 2.75) is 0 Å². The molecule has 1 aromatic carbocycles. The van der Waals surface area contributed by atoms with Gasteiger partial charge in [0.05, 0.1) is 10.4 Å². The summed E-state index contributed by atoms with van der Waals surface area (Å²) in [5.74, 6) is -4.38. The van der Waals surface area contributed by atoms with Gasteiger partial charge in [-0.25, -0.2) is 8.78 Å². The monoisotopic (exact) mass is 235 g/mol. The van der Waals surface area contributed by atoms with Crippen molar-refractivity contribution in [1.29, 1.82) is 0 Å². The zero-order valence-electron chi connectivity index (χ0n) is 5.61. The van der Waals surface area contributed by atoms with E-state index in [0.29, 0.717) is 0 Å². The first kappa shape index (κ1) is 9.12. The number of carbonyl (C=O) groups excluding carboxylic acids is 1. The minimum atomic E-state index is -1.74. The molecule has 0 fully saturated rings. The number of hydrogen-bond donors (Lipinski definition) is 0. The number of hydrogen-bond acceptors (Lipinski definition) is 2. The molecule has 0 saturated heterocycles. The van der Waals surface area contributed by atoms with Crippen molar-refractivity contribution in [2.24, 2.45) is 0 Å². The Hall–Kier alpha value is -0.970. The molecule has 0 heterocycles. The maximum Gasteiger partial charge on any atom is 0.173 e. The van der Waals surface area contributed by atoms with Crippen molar-refractivity contribution < 1.29 is 18.7 Å². The van der Waals surface area contributed by atoms with E-state index in [1.165, 1.54) is 0 Å². The second-order valence-electron chi connectivity index (χ2n) is 2.01. The Balaban J connectivity index is 3.36. The molecule has 0 radical (unpaired) electrons. The number of carboxylic acid groups (broad SMARTS) is 1. The van der Waals surface area contributed by atoms with Crippen LogP contribution in [0.5, 0.6) is 0 Å². The van der Waals surface area contributed by atoms with Crippen molar-refractivity contribution in [3.8, 4) is 0 Å². The Kier molecular flexibility index (Phi) is 2.42. The molecule has 0 saturated carbocycles. The summed E-state index contributed by atoms with van der Waals surface area (Å²) in [6.45, 7) is 0. The summed E-state index contributed by atoms with van der Waals surface area (Å²) in [6.07, 6.45) is 0. The van der Waals surface area contributed by atoms with Gasteiger partial charge in [0, 0.05) is 5.56 Å². The highest BCUT2D eigenvalue weighted by Crippen LogP contribution is 2.20. The van der Waals surface area contributed by atoms with E-state index in [-0.39, 0.29) is 4.47 Å². The first-order valence-electron chi connectivity index (χ1n) is 2.89. The maximum atomic E-state index is 12.7. The lowest BCUT2D eigenvalue weighted by molar-refractivity contribution is -0.255. The zero-order valence-corrected chi connectivity index (χ0v) is 7.19. The lowest BCUT2D eigenvalue weighted by atomic mass is 10.2. The van der Waals surface area contributed by atoms with E-state index in [1.54, 1.807) is 0 Å². The van der Waals surface area contributed by atoms with Crippen LogP contribution in [-0.2, 0) is 0 Å². The topological polar surface area (TPSA) is 40.1 Å². The van der Waals surface area contributed by atoms with Crippen molar-refractivity contribution in [3.63, 3.8) is 0 Å². The van der Waals surface area contributed by atoms with Gasteiger partial charge in [0.15, 0.2) is 11.6 Å². The summed E-state index contributed by atoms with van der Waals surface area (Å²) in [5, 5.41) is 10.2. The van der Waals surface area contributed by atoms with Crippen LogP contribution in [-0.4, -0.2) is 5.97 Å². The average Bonchev–Trinajstić information content (AvgIpc) is 2.00. The molecule has 0 bridgehead atoms. The predicted molar refractivity (Wildman–Crippen MR) is 38.4 cm³/mol. The minimum absolute atomic E-state index is 0.120. The zero-order chi connectivity index (χ0) is 9.30. The van der Waals surface area contributed by atoms with Crippen LogP contribution in [0.25, 0.3) is 0 Å². The Morgan fingerprint density at radius 3 is 2.42 bits per heavy atom. The van der Waals surface area contributed by atoms with E-state index >= 15 is 0 Å². The molecule has 0 unspecified atom stereocenters. The maximum absolute atomic E-state index is 12.7. The fourth-order valence-electron chi connectivity index (χ4n) is 0.684. The summed E-state index contributed by atoms with van der Waals surface area (Å²) in [4.78, 5) is 10.2. The molecule has 12 heavy (non-hydrogen) atoms. The van der Waals surface area contributed by atoms with Gasteiger partial charge in [0.25, 0.3) is 0 Å². The van der Waals surface area contributed by atoms with Crippen LogP contribution in [0.1, 0.15) is 10.4 Å². The number of carboxylic acids is 1. The third-order valence-electron chi connectivity index (χ3n) is 1.26. The molecule has 1 aromatic rings. The van der Waals surface area contributed by atoms with E-state index in [1.807, 2.05) is 0 Å². The summed E-state index contributed by atoms with van der Waals surface area (Å²) in [6, 6.07) is 2.03. The van der Waals surface area contributed by atoms with Crippen LogP contribution in [0.2, 0.25) is 0 Å². The fraction of sp³-hybridized carbons (Fsp3) is 0. The Morgan fingerprint density at radius 2 is 1.92 bits per heavy atom. The van der Waals surface area contributed by atoms with Crippen LogP contribution in [0, 0.1) is 11.6 Å². The van der Waals surface area contributed by atoms with Crippen LogP contribution in [0.3, 0.4) is 0 Å². The normalized spacial score (nSPS) is 9.92. The lowest BCUT2D eigenvalue weighted by Gasteiger charge is -2.04. The first-order valence-corrected chi connectivity index (χ1v) is 3.68. The molecule has 0 aliphatic rings. The second kappa shape index (κ2) is 3.18. The molecule has 0 N–H and O–H groups in total. The molecular weight excluding hydrogens is 234 g/mol. The third kappa shape index (κ3) is 1.45. The smallest absolute Gasteiger partial charge is 0.173 e. The largest absolute Gasteiger partial charge is 0.545 e. The van der Waals surface area contributed by atoms with Crippen molar-refractivity contribution in [3.05, 3.63) is 33.8 Å². The van der Waals surface area contributed by atoms with Crippen molar-refractivity contribution >= 4 is 21.9 Å². The number of halogens is 3. The fourth-order valence-corrected chi connectivity index (χ4v) is 0.990. The van der Waals surface area contributed by atoms with E-state index in [4.69, 9.17) is 0 Å². The minimum Gasteiger partial charge on any atom is -0.545 e. The molecule has 0 atom stereocenters. The summed E-state index contributed by atoms with van der Waals surface area (Å²) >= 11 is 2.70. The van der Waals surface area contributed by atoms with Crippen molar-refractivity contribution in [1.82, 2.24) is 0 Å². The number of aromatic carboxylic acids is 1. The Labute approximate surface area is 75.0 Å². The highest BCUT2D eigenvalue weighted by molar-refractivity contribution is 9.10. The molecular formula is C7H2BrF2O2-. The van der Waals surface area contributed by atoms with Gasteiger partial charge < -0.3 is 9.90 Å². The van der Waals surface area contributed by atoms with Gasteiger partial charge in [-0.2, -0.15) is 0 Å². The van der Waals surface area contributed by atoms with E-state index in [0.717, 1.165) is 12.1 Å². The number of carbonyl (C=O) groups is 1. The lowest BCUT2D eigenvalue weighted by Crippen LogP contribution is -2.24. The van der Waals surface area contributed by atoms with Gasteiger partial charge in [-0.15, -0.1) is 0 Å². The van der Waals surface area contributed by atoms with Gasteiger partial charge in [-0.1, -0.05) is 0 Å². The highest BCUT2D eigenvalue weighted by atomic mass is 79.9. The van der Waals surface area contributed by atoms with E-state index in [2.05, 4.69) is 15.9 Å². The first-order chi connectivity index (χ1) is 5.54. The Bertz CT molecular complexity index is 338. The standard InChI is InChI=1S/C7H3BrF2O2/c8-4-2-1-3(7(11)12)5(9)6(4)10/h1-2H,(H,11,12)/p-1. The van der Waals surface area contributed by atoms with E-state index in [9.17, 15) is 18.7 Å². The molecule has 64 valence electrons. The van der Waals surface area contributed by atoms with Crippen LogP contribution in [0.15, 0.2) is 16.6 Å². The summed E-state index contributed by atoms with van der Waals surface area (Å²) in [5.41, 5.74) is -0.782. The van der Waals surface area contributed by atoms with Crippen LogP contribution in [0.4, 0.5) is 8.78 Å². The molecule has 0 aliphatic heterocycles. The van der Waals surface area contributed by atoms with Gasteiger partial charge in [0.2, 0.25) is 0 Å². The van der Waals surface area contributed by atoms with Gasteiger partial charge >= 0.3 is 0 Å². The SMILES string of the molecule is O=C([O-])c1ccc(Br)c(F)c1F. The van der Waals surface area contributed by atoms with E-state index < -0.39 is 23.2 Å². The number of benzene rings is 1. The number of rotatable bonds is 1. The molecule has 0 aromatic heterocycles. The van der Waals surface area contributed by atoms with Gasteiger partial charge in [0.1, 0.15) is 0 Å². The predicted octanol–water partition coefficient (Wildman–Crippen LogP) is 1.09. The van der Waals surface area contributed by atoms with Gasteiger partial charge in [-0.3, -0.25) is 0 Å². The van der Waals surface area contributed by atoms with Gasteiger partial charge in [-0.05, 0) is 28.1 Å². The molecule has 5 heteroatoms. The molecule has 2 nitrogen and oxygen atoms in total. The quantitative estimate of drug-likeness (QED) is 0.684. The van der Waals surface area contributed by atoms with Crippen molar-refractivity contribution in [2.75, 3.05) is 0 Å². The molecule has 0 amide bonds. The third-order valence-corrected chi connectivity index (χ3v) is 1.87. The van der Waals surface area contributed by atoms with Crippen LogP contribution >= 0.6 is 15.9 Å². The summed E-state index contributed by atoms with van der Waals surface area (Å²) in [7, 11) is 0.